The third kappa shape index (κ3) is 3.46. The molecule has 7 heteroatoms. The third-order valence-corrected chi connectivity index (χ3v) is 3.36. The highest BCUT2D eigenvalue weighted by molar-refractivity contribution is 5.83. The average Bonchev–Trinajstić information content (AvgIpc) is 2.70. The molecule has 1 aliphatic rings. The highest BCUT2D eigenvalue weighted by Gasteiger charge is 2.24. The van der Waals surface area contributed by atoms with Crippen LogP contribution < -0.4 is 10.6 Å². The number of aliphatic carboxylic acids is 1. The van der Waals surface area contributed by atoms with Crippen molar-refractivity contribution in [1.82, 2.24) is 20.4 Å². The number of hydrogen-bond donors (Lipinski definition) is 3. The van der Waals surface area contributed by atoms with Gasteiger partial charge in [-0.2, -0.15) is 5.10 Å². The lowest BCUT2D eigenvalue weighted by Crippen LogP contribution is -2.43. The lowest BCUT2D eigenvalue weighted by molar-refractivity contribution is -0.139. The maximum absolute atomic E-state index is 11.7. The van der Waals surface area contributed by atoms with Crippen molar-refractivity contribution >= 4 is 12.0 Å². The minimum absolute atomic E-state index is 0.453. The van der Waals surface area contributed by atoms with E-state index in [1.165, 1.54) is 17.3 Å². The molecule has 3 N–H and O–H groups in total. The van der Waals surface area contributed by atoms with E-state index in [4.69, 9.17) is 5.11 Å². The number of aryl methyl sites for hydroxylation is 1. The van der Waals surface area contributed by atoms with Crippen molar-refractivity contribution in [3.63, 3.8) is 0 Å². The zero-order valence-electron chi connectivity index (χ0n) is 10.8. The fraction of sp³-hybridized carbons (Fsp3) is 0.583. The maximum atomic E-state index is 11.7. The minimum atomic E-state index is -1.10. The number of hydrogen-bond acceptors (Lipinski definition) is 3. The summed E-state index contributed by atoms with van der Waals surface area (Å²) in [6.07, 6.45) is 6.48. The standard InChI is InChI=1S/C12H18N4O3/c1-16-7-9(6-14-16)10(11(17)18)15-12(19)13-5-8-3-2-4-8/h6-8,10H,2-5H2,1H3,(H,17,18)(H2,13,15,19). The van der Waals surface area contributed by atoms with E-state index in [-0.39, 0.29) is 0 Å². The van der Waals surface area contributed by atoms with Crippen LogP contribution in [0.5, 0.6) is 0 Å². The first-order valence-electron chi connectivity index (χ1n) is 6.32. The molecule has 104 valence electrons. The van der Waals surface area contributed by atoms with E-state index in [9.17, 15) is 9.59 Å². The van der Waals surface area contributed by atoms with Gasteiger partial charge in [-0.1, -0.05) is 6.42 Å². The van der Waals surface area contributed by atoms with Gasteiger partial charge in [-0.05, 0) is 18.8 Å². The van der Waals surface area contributed by atoms with Gasteiger partial charge in [0, 0.05) is 25.4 Å². The van der Waals surface area contributed by atoms with Crippen LogP contribution in [0.25, 0.3) is 0 Å². The van der Waals surface area contributed by atoms with E-state index in [0.29, 0.717) is 18.0 Å². The quantitative estimate of drug-likeness (QED) is 0.729. The molecular weight excluding hydrogens is 248 g/mol. The Hall–Kier alpha value is -2.05. The summed E-state index contributed by atoms with van der Waals surface area (Å²) in [6, 6.07) is -1.53. The van der Waals surface area contributed by atoms with E-state index in [0.717, 1.165) is 12.8 Å². The van der Waals surface area contributed by atoms with Gasteiger partial charge < -0.3 is 15.7 Å². The molecule has 1 heterocycles. The van der Waals surface area contributed by atoms with Crippen LogP contribution in [0.3, 0.4) is 0 Å². The Morgan fingerprint density at radius 2 is 2.32 bits per heavy atom. The van der Waals surface area contributed by atoms with Gasteiger partial charge in [0.15, 0.2) is 6.04 Å². The van der Waals surface area contributed by atoms with E-state index >= 15 is 0 Å². The van der Waals surface area contributed by atoms with Gasteiger partial charge in [-0.3, -0.25) is 4.68 Å². The molecule has 1 aliphatic carbocycles. The number of rotatable bonds is 5. The molecule has 7 nitrogen and oxygen atoms in total. The van der Waals surface area contributed by atoms with Crippen molar-refractivity contribution < 1.29 is 14.7 Å². The number of nitrogens with zero attached hydrogens (tertiary/aromatic N) is 2. The fourth-order valence-electron chi connectivity index (χ4n) is 1.99. The Bertz CT molecular complexity index is 467. The number of carbonyl (C=O) groups is 2. The first-order valence-corrected chi connectivity index (χ1v) is 6.32. The van der Waals surface area contributed by atoms with Gasteiger partial charge in [-0.15, -0.1) is 0 Å². The Morgan fingerprint density at radius 3 is 2.79 bits per heavy atom. The van der Waals surface area contributed by atoms with Crippen molar-refractivity contribution in [2.45, 2.75) is 25.3 Å². The normalized spacial score (nSPS) is 16.5. The number of carboxylic acids is 1. The molecule has 0 bridgehead atoms. The first kappa shape index (κ1) is 13.4. The maximum Gasteiger partial charge on any atom is 0.331 e. The third-order valence-electron chi connectivity index (χ3n) is 3.36. The molecule has 0 spiro atoms. The van der Waals surface area contributed by atoms with E-state index in [1.807, 2.05) is 0 Å². The molecule has 2 rings (SSSR count). The molecule has 1 aromatic heterocycles. The molecule has 0 saturated heterocycles. The lowest BCUT2D eigenvalue weighted by atomic mass is 9.85. The Balaban J connectivity index is 1.88. The number of carboxylic acid groups (broad SMARTS) is 1. The molecule has 2 amide bonds. The Labute approximate surface area is 111 Å². The SMILES string of the molecule is Cn1cc(C(NC(=O)NCC2CCC2)C(=O)O)cn1. The molecule has 0 aromatic carbocycles. The highest BCUT2D eigenvalue weighted by Crippen LogP contribution is 2.25. The molecule has 19 heavy (non-hydrogen) atoms. The second-order valence-electron chi connectivity index (χ2n) is 4.87. The van der Waals surface area contributed by atoms with Gasteiger partial charge in [0.2, 0.25) is 0 Å². The highest BCUT2D eigenvalue weighted by atomic mass is 16.4. The molecule has 1 atom stereocenters. The number of aromatic nitrogens is 2. The molecule has 1 aromatic rings. The van der Waals surface area contributed by atoms with E-state index < -0.39 is 18.0 Å². The topological polar surface area (TPSA) is 96.2 Å². The predicted octanol–water partition coefficient (Wildman–Crippen LogP) is 0.645. The Kier molecular flexibility index (Phi) is 4.03. The van der Waals surface area contributed by atoms with Crippen LogP contribution in [0.15, 0.2) is 12.4 Å². The monoisotopic (exact) mass is 266 g/mol. The van der Waals surface area contributed by atoms with Crippen molar-refractivity contribution in [1.29, 1.82) is 0 Å². The second kappa shape index (κ2) is 5.73. The zero-order valence-corrected chi connectivity index (χ0v) is 10.8. The summed E-state index contributed by atoms with van der Waals surface area (Å²) < 4.78 is 1.50. The second-order valence-corrected chi connectivity index (χ2v) is 4.87. The average molecular weight is 266 g/mol. The Morgan fingerprint density at radius 1 is 1.58 bits per heavy atom. The summed E-state index contributed by atoms with van der Waals surface area (Å²) in [6.45, 7) is 0.602. The summed E-state index contributed by atoms with van der Waals surface area (Å²) in [4.78, 5) is 22.8. The van der Waals surface area contributed by atoms with Crippen molar-refractivity contribution in [3.05, 3.63) is 18.0 Å². The van der Waals surface area contributed by atoms with Crippen LogP contribution in [0.4, 0.5) is 4.79 Å². The number of carbonyl (C=O) groups excluding carboxylic acids is 1. The van der Waals surface area contributed by atoms with E-state index in [1.54, 1.807) is 13.2 Å². The summed E-state index contributed by atoms with van der Waals surface area (Å²) in [5.41, 5.74) is 0.453. The predicted molar refractivity (Wildman–Crippen MR) is 67.5 cm³/mol. The molecular formula is C12H18N4O3. The van der Waals surface area contributed by atoms with Crippen LogP contribution in [-0.4, -0.2) is 33.4 Å². The molecule has 1 saturated carbocycles. The van der Waals surface area contributed by atoms with Crippen LogP contribution in [-0.2, 0) is 11.8 Å². The summed E-state index contributed by atoms with van der Waals surface area (Å²) >= 11 is 0. The number of nitrogens with one attached hydrogen (secondary N) is 2. The van der Waals surface area contributed by atoms with Gasteiger partial charge in [0.05, 0.1) is 6.20 Å². The summed E-state index contributed by atoms with van der Waals surface area (Å²) in [5, 5.41) is 18.2. The van der Waals surface area contributed by atoms with Crippen LogP contribution in [0, 0.1) is 5.92 Å². The van der Waals surface area contributed by atoms with Gasteiger partial charge in [0.1, 0.15) is 0 Å². The van der Waals surface area contributed by atoms with Gasteiger partial charge >= 0.3 is 12.0 Å². The van der Waals surface area contributed by atoms with E-state index in [2.05, 4.69) is 15.7 Å². The molecule has 1 fully saturated rings. The van der Waals surface area contributed by atoms with Gasteiger partial charge in [0.25, 0.3) is 0 Å². The number of urea groups is 1. The molecule has 0 aliphatic heterocycles. The largest absolute Gasteiger partial charge is 0.479 e. The summed E-state index contributed by atoms with van der Waals surface area (Å²) in [5.74, 6) is -0.570. The van der Waals surface area contributed by atoms with Crippen molar-refractivity contribution in [2.24, 2.45) is 13.0 Å². The summed E-state index contributed by atoms with van der Waals surface area (Å²) in [7, 11) is 1.69. The van der Waals surface area contributed by atoms with Crippen molar-refractivity contribution in [3.8, 4) is 0 Å². The van der Waals surface area contributed by atoms with Crippen LogP contribution in [0.1, 0.15) is 30.9 Å². The molecule has 1 unspecified atom stereocenters. The minimum Gasteiger partial charge on any atom is -0.479 e. The zero-order chi connectivity index (χ0) is 13.8. The van der Waals surface area contributed by atoms with Crippen molar-refractivity contribution in [2.75, 3.05) is 6.54 Å². The number of amides is 2. The van der Waals surface area contributed by atoms with Crippen LogP contribution >= 0.6 is 0 Å². The molecule has 0 radical (unpaired) electrons. The lowest BCUT2D eigenvalue weighted by Gasteiger charge is -2.25. The smallest absolute Gasteiger partial charge is 0.331 e. The fourth-order valence-corrected chi connectivity index (χ4v) is 1.99. The van der Waals surface area contributed by atoms with Gasteiger partial charge in [-0.25, -0.2) is 9.59 Å². The first-order chi connectivity index (χ1) is 9.06. The van der Waals surface area contributed by atoms with Crippen LogP contribution in [0.2, 0.25) is 0 Å².